The molecule has 0 unspecified atom stereocenters. The molecule has 0 saturated heterocycles. The predicted octanol–water partition coefficient (Wildman–Crippen LogP) is 2.29. The number of aromatic nitrogens is 1. The van der Waals surface area contributed by atoms with Crippen LogP contribution < -0.4 is 0 Å². The highest BCUT2D eigenvalue weighted by atomic mass is 35.5. The lowest BCUT2D eigenvalue weighted by Gasteiger charge is -2.19. The minimum atomic E-state index is -0.555. The molecule has 2 rings (SSSR count). The van der Waals surface area contributed by atoms with Gasteiger partial charge in [-0.2, -0.15) is 0 Å². The highest BCUT2D eigenvalue weighted by Crippen LogP contribution is 2.31. The quantitative estimate of drug-likeness (QED) is 0.850. The summed E-state index contributed by atoms with van der Waals surface area (Å²) in [6, 6.07) is 6.95. The molecular weight excluding hydrogens is 296 g/mol. The summed E-state index contributed by atoms with van der Waals surface area (Å²) in [7, 11) is 2.87. The molecule has 0 atom stereocenters. The second-order valence-electron chi connectivity index (χ2n) is 4.48. The molecule has 0 aliphatic carbocycles. The molecule has 7 heteroatoms. The Hall–Kier alpha value is -2.18. The number of amides is 1. The zero-order valence-electron chi connectivity index (χ0n) is 11.6. The van der Waals surface area contributed by atoms with Gasteiger partial charge in [0.15, 0.2) is 5.75 Å². The second-order valence-corrected chi connectivity index (χ2v) is 4.91. The molecule has 6 nitrogen and oxygen atoms in total. The standard InChI is InChI=1S/C14H15ClN2O4/c1-16-8-11(12(18)14(16)20)13(19)17(21-2)7-9-3-5-10(15)6-4-9/h3-6,8,18,20H,7H2,1-2H3. The van der Waals surface area contributed by atoms with Crippen molar-refractivity contribution in [1.82, 2.24) is 9.63 Å². The van der Waals surface area contributed by atoms with Crippen LogP contribution in [0.15, 0.2) is 30.5 Å². The van der Waals surface area contributed by atoms with Gasteiger partial charge in [-0.15, -0.1) is 0 Å². The molecule has 0 radical (unpaired) electrons. The normalized spacial score (nSPS) is 10.6. The van der Waals surface area contributed by atoms with Crippen molar-refractivity contribution >= 4 is 17.5 Å². The summed E-state index contributed by atoms with van der Waals surface area (Å²) in [5.41, 5.74) is 0.778. The van der Waals surface area contributed by atoms with Crippen LogP contribution in [0.5, 0.6) is 11.6 Å². The number of benzene rings is 1. The monoisotopic (exact) mass is 310 g/mol. The fraction of sp³-hybridized carbons (Fsp3) is 0.214. The zero-order chi connectivity index (χ0) is 15.6. The Bertz CT molecular complexity index is 652. The molecule has 1 heterocycles. The first-order chi connectivity index (χ1) is 9.93. The highest BCUT2D eigenvalue weighted by molar-refractivity contribution is 6.30. The van der Waals surface area contributed by atoms with Crippen LogP contribution in [0.2, 0.25) is 5.02 Å². The first-order valence-electron chi connectivity index (χ1n) is 6.11. The number of hydrogen-bond acceptors (Lipinski definition) is 4. The number of halogens is 1. The number of carbonyl (C=O) groups is 1. The first-order valence-corrected chi connectivity index (χ1v) is 6.49. The fourth-order valence-corrected chi connectivity index (χ4v) is 2.00. The van der Waals surface area contributed by atoms with Crippen LogP contribution in [0.3, 0.4) is 0 Å². The van der Waals surface area contributed by atoms with E-state index in [2.05, 4.69) is 0 Å². The van der Waals surface area contributed by atoms with Gasteiger partial charge in [-0.05, 0) is 17.7 Å². The molecule has 0 saturated carbocycles. The summed E-state index contributed by atoms with van der Waals surface area (Å²) < 4.78 is 1.25. The number of rotatable bonds is 4. The number of aryl methyl sites for hydroxylation is 1. The molecule has 0 aliphatic heterocycles. The van der Waals surface area contributed by atoms with Crippen molar-refractivity contribution in [1.29, 1.82) is 0 Å². The summed E-state index contributed by atoms with van der Waals surface area (Å²) in [4.78, 5) is 17.4. The predicted molar refractivity (Wildman–Crippen MR) is 77.1 cm³/mol. The molecule has 0 aliphatic rings. The molecule has 2 N–H and O–H groups in total. The van der Waals surface area contributed by atoms with E-state index in [1.807, 2.05) is 0 Å². The summed E-state index contributed by atoms with van der Waals surface area (Å²) in [6.07, 6.45) is 1.33. The van der Waals surface area contributed by atoms with Gasteiger partial charge in [0.1, 0.15) is 5.56 Å². The number of nitrogens with zero attached hydrogens (tertiary/aromatic N) is 2. The van der Waals surface area contributed by atoms with Gasteiger partial charge >= 0.3 is 0 Å². The lowest BCUT2D eigenvalue weighted by atomic mass is 10.2. The van der Waals surface area contributed by atoms with Gasteiger partial charge in [0.2, 0.25) is 5.88 Å². The number of hydroxylamine groups is 2. The summed E-state index contributed by atoms with van der Waals surface area (Å²) in [5, 5.41) is 21.0. The molecule has 1 aromatic heterocycles. The van der Waals surface area contributed by atoms with Gasteiger partial charge in [0, 0.05) is 18.3 Å². The van der Waals surface area contributed by atoms with Gasteiger partial charge in [0.25, 0.3) is 5.91 Å². The van der Waals surface area contributed by atoms with Gasteiger partial charge in [-0.3, -0.25) is 9.63 Å². The van der Waals surface area contributed by atoms with E-state index in [4.69, 9.17) is 16.4 Å². The first kappa shape index (κ1) is 15.2. The largest absolute Gasteiger partial charge is 0.503 e. The van der Waals surface area contributed by atoms with E-state index in [9.17, 15) is 15.0 Å². The van der Waals surface area contributed by atoms with Crippen molar-refractivity contribution in [2.45, 2.75) is 6.54 Å². The van der Waals surface area contributed by atoms with E-state index < -0.39 is 11.7 Å². The van der Waals surface area contributed by atoms with Gasteiger partial charge in [0.05, 0.1) is 13.7 Å². The van der Waals surface area contributed by atoms with E-state index in [1.165, 1.54) is 24.9 Å². The third kappa shape index (κ3) is 3.12. The maximum absolute atomic E-state index is 12.3. The van der Waals surface area contributed by atoms with Crippen molar-refractivity contribution in [2.75, 3.05) is 7.11 Å². The van der Waals surface area contributed by atoms with Crippen LogP contribution >= 0.6 is 11.6 Å². The molecule has 0 bridgehead atoms. The van der Waals surface area contributed by atoms with Gasteiger partial charge in [-0.1, -0.05) is 23.7 Å². The Balaban J connectivity index is 2.22. The van der Waals surface area contributed by atoms with Crippen LogP contribution in [-0.4, -0.2) is 32.9 Å². The van der Waals surface area contributed by atoms with Crippen molar-refractivity contribution in [3.63, 3.8) is 0 Å². The molecule has 112 valence electrons. The number of carbonyl (C=O) groups excluding carboxylic acids is 1. The smallest absolute Gasteiger partial charge is 0.283 e. The molecule has 2 aromatic rings. The average molecular weight is 311 g/mol. The minimum absolute atomic E-state index is 0.0363. The molecule has 0 spiro atoms. The van der Waals surface area contributed by atoms with Crippen LogP contribution in [0.1, 0.15) is 15.9 Å². The zero-order valence-corrected chi connectivity index (χ0v) is 12.3. The second kappa shape index (κ2) is 6.07. The van der Waals surface area contributed by atoms with Crippen molar-refractivity contribution in [3.8, 4) is 11.6 Å². The van der Waals surface area contributed by atoms with Crippen LogP contribution in [0.25, 0.3) is 0 Å². The molecule has 21 heavy (non-hydrogen) atoms. The van der Waals surface area contributed by atoms with Crippen LogP contribution in [0.4, 0.5) is 0 Å². The van der Waals surface area contributed by atoms with Crippen LogP contribution in [-0.2, 0) is 18.4 Å². The van der Waals surface area contributed by atoms with E-state index in [0.717, 1.165) is 10.6 Å². The van der Waals surface area contributed by atoms with Gasteiger partial charge < -0.3 is 14.8 Å². The Morgan fingerprint density at radius 2 is 1.95 bits per heavy atom. The van der Waals surface area contributed by atoms with Crippen molar-refractivity contribution < 1.29 is 19.8 Å². The maximum atomic E-state index is 12.3. The number of hydrogen-bond donors (Lipinski definition) is 2. The molecule has 0 fully saturated rings. The Morgan fingerprint density at radius 3 is 2.43 bits per heavy atom. The fourth-order valence-electron chi connectivity index (χ4n) is 1.87. The third-order valence-electron chi connectivity index (χ3n) is 3.04. The van der Waals surface area contributed by atoms with E-state index in [-0.39, 0.29) is 18.0 Å². The van der Waals surface area contributed by atoms with E-state index in [1.54, 1.807) is 24.3 Å². The molecule has 1 aromatic carbocycles. The van der Waals surface area contributed by atoms with Gasteiger partial charge in [-0.25, -0.2) is 5.06 Å². The molecule has 1 amide bonds. The maximum Gasteiger partial charge on any atom is 0.283 e. The average Bonchev–Trinajstić information content (AvgIpc) is 2.73. The van der Waals surface area contributed by atoms with Crippen LogP contribution in [0, 0.1) is 0 Å². The molecular formula is C14H15ClN2O4. The Morgan fingerprint density at radius 1 is 1.33 bits per heavy atom. The lowest BCUT2D eigenvalue weighted by molar-refractivity contribution is -0.102. The Kier molecular flexibility index (Phi) is 4.40. The van der Waals surface area contributed by atoms with E-state index >= 15 is 0 Å². The summed E-state index contributed by atoms with van der Waals surface area (Å²) in [6.45, 7) is 0.182. The topological polar surface area (TPSA) is 74.9 Å². The SMILES string of the molecule is CON(Cc1ccc(Cl)cc1)C(=O)c1cn(C)c(O)c1O. The van der Waals surface area contributed by atoms with E-state index in [0.29, 0.717) is 5.02 Å². The third-order valence-corrected chi connectivity index (χ3v) is 3.29. The Labute approximate surface area is 126 Å². The highest BCUT2D eigenvalue weighted by Gasteiger charge is 2.24. The number of aromatic hydroxyl groups is 2. The van der Waals surface area contributed by atoms with Crippen molar-refractivity contribution in [3.05, 3.63) is 46.6 Å². The summed E-state index contributed by atoms with van der Waals surface area (Å²) >= 11 is 5.81. The lowest BCUT2D eigenvalue weighted by Crippen LogP contribution is -2.29. The summed E-state index contributed by atoms with van der Waals surface area (Å²) in [5.74, 6) is -1.40. The van der Waals surface area contributed by atoms with Crippen molar-refractivity contribution in [2.24, 2.45) is 7.05 Å². The minimum Gasteiger partial charge on any atom is -0.503 e.